The molecule has 1 aromatic heterocycles. The summed E-state index contributed by atoms with van der Waals surface area (Å²) in [6.45, 7) is 6.05. The molecule has 1 heterocycles. The van der Waals surface area contributed by atoms with Gasteiger partial charge in [0.2, 0.25) is 11.8 Å². The van der Waals surface area contributed by atoms with Crippen molar-refractivity contribution in [2.75, 3.05) is 5.32 Å². The summed E-state index contributed by atoms with van der Waals surface area (Å²) in [4.78, 5) is 17.0. The molecule has 0 atom stereocenters. The van der Waals surface area contributed by atoms with Crippen LogP contribution < -0.4 is 5.32 Å². The lowest BCUT2D eigenvalue weighted by Gasteiger charge is -2.08. The Bertz CT molecular complexity index is 1230. The highest BCUT2D eigenvalue weighted by Gasteiger charge is 2.12. The van der Waals surface area contributed by atoms with Gasteiger partial charge in [-0.05, 0) is 85.5 Å². The fourth-order valence-electron chi connectivity index (χ4n) is 3.11. The van der Waals surface area contributed by atoms with Crippen molar-refractivity contribution in [3.63, 3.8) is 0 Å². The number of aromatic nitrogens is 1. The Morgan fingerprint density at radius 3 is 2.47 bits per heavy atom. The molecule has 4 rings (SSSR count). The summed E-state index contributed by atoms with van der Waals surface area (Å²) in [5.74, 6) is 0.316. The molecule has 0 radical (unpaired) electrons. The van der Waals surface area contributed by atoms with Crippen molar-refractivity contribution in [2.24, 2.45) is 0 Å². The maximum Gasteiger partial charge on any atom is 0.248 e. The van der Waals surface area contributed by atoms with Gasteiger partial charge in [-0.2, -0.15) is 0 Å². The highest BCUT2D eigenvalue weighted by Crippen LogP contribution is 2.29. The predicted octanol–water partition coefficient (Wildman–Crippen LogP) is 6.73. The van der Waals surface area contributed by atoms with Gasteiger partial charge in [0.05, 0.1) is 0 Å². The fourth-order valence-corrected chi connectivity index (χ4v) is 3.24. The summed E-state index contributed by atoms with van der Waals surface area (Å²) < 4.78 is 5.96. The summed E-state index contributed by atoms with van der Waals surface area (Å²) in [7, 11) is 0. The normalized spacial score (nSPS) is 11.3. The second-order valence-corrected chi connectivity index (χ2v) is 7.76. The summed E-state index contributed by atoms with van der Waals surface area (Å²) in [5, 5.41) is 3.59. The van der Waals surface area contributed by atoms with Gasteiger partial charge < -0.3 is 9.73 Å². The molecular formula is C25H21ClN2O2. The minimum Gasteiger partial charge on any atom is -0.436 e. The standard InChI is InChI=1S/C25H21ClN2O2/c1-15-4-8-19(25-28-22-12-16(2)17(3)13-23(22)30-25)14-21(15)27-24(29)11-7-18-5-9-20(26)10-6-18/h4-14H,1-3H3,(H,27,29)/b11-7+. The second-order valence-electron chi connectivity index (χ2n) is 7.33. The fraction of sp³-hybridized carbons (Fsp3) is 0.120. The first kappa shape index (κ1) is 19.9. The molecule has 0 bridgehead atoms. The lowest BCUT2D eigenvalue weighted by molar-refractivity contribution is -0.111. The molecule has 4 aromatic rings. The van der Waals surface area contributed by atoms with Gasteiger partial charge in [-0.15, -0.1) is 0 Å². The lowest BCUT2D eigenvalue weighted by Crippen LogP contribution is -2.09. The first-order valence-electron chi connectivity index (χ1n) is 9.62. The number of benzene rings is 3. The number of rotatable bonds is 4. The zero-order valence-electron chi connectivity index (χ0n) is 17.0. The highest BCUT2D eigenvalue weighted by atomic mass is 35.5. The molecule has 0 saturated heterocycles. The van der Waals surface area contributed by atoms with Gasteiger partial charge in [0, 0.05) is 22.3 Å². The Balaban J connectivity index is 1.57. The monoisotopic (exact) mass is 416 g/mol. The van der Waals surface area contributed by atoms with Crippen LogP contribution in [0.1, 0.15) is 22.3 Å². The van der Waals surface area contributed by atoms with Gasteiger partial charge in [0.1, 0.15) is 5.52 Å². The van der Waals surface area contributed by atoms with E-state index in [9.17, 15) is 4.79 Å². The van der Waals surface area contributed by atoms with E-state index >= 15 is 0 Å². The van der Waals surface area contributed by atoms with Crippen molar-refractivity contribution in [3.8, 4) is 11.5 Å². The number of nitrogens with zero attached hydrogens (tertiary/aromatic N) is 1. The van der Waals surface area contributed by atoms with E-state index in [0.29, 0.717) is 16.6 Å². The molecular weight excluding hydrogens is 396 g/mol. The highest BCUT2D eigenvalue weighted by molar-refractivity contribution is 6.30. The van der Waals surface area contributed by atoms with Crippen molar-refractivity contribution in [1.82, 2.24) is 4.98 Å². The van der Waals surface area contributed by atoms with Crippen LogP contribution in [0.4, 0.5) is 5.69 Å². The van der Waals surface area contributed by atoms with Gasteiger partial charge in [0.25, 0.3) is 0 Å². The Morgan fingerprint density at radius 2 is 1.70 bits per heavy atom. The van der Waals surface area contributed by atoms with E-state index < -0.39 is 0 Å². The van der Waals surface area contributed by atoms with Gasteiger partial charge in [-0.25, -0.2) is 4.98 Å². The average molecular weight is 417 g/mol. The number of fused-ring (bicyclic) bond motifs is 1. The van der Waals surface area contributed by atoms with Crippen LogP contribution >= 0.6 is 11.6 Å². The quantitative estimate of drug-likeness (QED) is 0.375. The van der Waals surface area contributed by atoms with Crippen LogP contribution in [0.25, 0.3) is 28.6 Å². The first-order chi connectivity index (χ1) is 14.4. The third kappa shape index (κ3) is 4.29. The Labute approximate surface area is 180 Å². The van der Waals surface area contributed by atoms with Crippen molar-refractivity contribution >= 4 is 40.4 Å². The van der Waals surface area contributed by atoms with E-state index in [1.807, 2.05) is 56.3 Å². The molecule has 5 heteroatoms. The van der Waals surface area contributed by atoms with Crippen molar-refractivity contribution in [3.05, 3.63) is 87.9 Å². The average Bonchev–Trinajstić information content (AvgIpc) is 3.12. The van der Waals surface area contributed by atoms with E-state index in [2.05, 4.69) is 17.2 Å². The molecule has 0 fully saturated rings. The van der Waals surface area contributed by atoms with Gasteiger partial charge >= 0.3 is 0 Å². The zero-order chi connectivity index (χ0) is 21.3. The lowest BCUT2D eigenvalue weighted by atomic mass is 10.1. The van der Waals surface area contributed by atoms with Gasteiger partial charge in [-0.1, -0.05) is 29.8 Å². The minimum absolute atomic E-state index is 0.214. The smallest absolute Gasteiger partial charge is 0.248 e. The maximum absolute atomic E-state index is 12.4. The number of carbonyl (C=O) groups is 1. The number of aryl methyl sites for hydroxylation is 3. The van der Waals surface area contributed by atoms with E-state index in [1.165, 1.54) is 11.6 Å². The molecule has 0 aliphatic carbocycles. The molecule has 0 unspecified atom stereocenters. The summed E-state index contributed by atoms with van der Waals surface area (Å²) in [6, 6.07) is 17.1. The number of anilines is 1. The van der Waals surface area contributed by atoms with E-state index in [-0.39, 0.29) is 5.91 Å². The largest absolute Gasteiger partial charge is 0.436 e. The van der Waals surface area contributed by atoms with E-state index in [4.69, 9.17) is 16.0 Å². The Hall–Kier alpha value is -3.37. The van der Waals surface area contributed by atoms with E-state index in [1.54, 1.807) is 18.2 Å². The minimum atomic E-state index is -0.214. The van der Waals surface area contributed by atoms with Crippen LogP contribution in [0, 0.1) is 20.8 Å². The molecule has 3 aromatic carbocycles. The number of oxazole rings is 1. The SMILES string of the molecule is Cc1cc2nc(-c3ccc(C)c(NC(=O)/C=C/c4ccc(Cl)cc4)c3)oc2cc1C. The first-order valence-corrected chi connectivity index (χ1v) is 10.0. The summed E-state index contributed by atoms with van der Waals surface area (Å²) in [6.07, 6.45) is 3.25. The molecule has 30 heavy (non-hydrogen) atoms. The number of nitrogens with one attached hydrogen (secondary N) is 1. The third-order valence-electron chi connectivity index (χ3n) is 5.04. The molecule has 0 aliphatic heterocycles. The number of amides is 1. The number of halogens is 1. The van der Waals surface area contributed by atoms with Crippen LogP contribution in [-0.4, -0.2) is 10.9 Å². The van der Waals surface area contributed by atoms with Crippen molar-refractivity contribution < 1.29 is 9.21 Å². The van der Waals surface area contributed by atoms with Crippen LogP contribution in [0.15, 0.2) is 65.1 Å². The van der Waals surface area contributed by atoms with Gasteiger partial charge in [-0.3, -0.25) is 4.79 Å². The number of hydrogen-bond donors (Lipinski definition) is 1. The third-order valence-corrected chi connectivity index (χ3v) is 5.30. The van der Waals surface area contributed by atoms with Crippen LogP contribution in [0.5, 0.6) is 0 Å². The molecule has 4 nitrogen and oxygen atoms in total. The molecule has 1 amide bonds. The molecule has 150 valence electrons. The Morgan fingerprint density at radius 1 is 0.967 bits per heavy atom. The predicted molar refractivity (Wildman–Crippen MR) is 123 cm³/mol. The van der Waals surface area contributed by atoms with Crippen LogP contribution in [0.3, 0.4) is 0 Å². The molecule has 1 N–H and O–H groups in total. The van der Waals surface area contributed by atoms with Gasteiger partial charge in [0.15, 0.2) is 5.58 Å². The molecule has 0 saturated carbocycles. The second kappa shape index (κ2) is 8.17. The Kier molecular flexibility index (Phi) is 5.42. The van der Waals surface area contributed by atoms with E-state index in [0.717, 1.165) is 33.4 Å². The summed E-state index contributed by atoms with van der Waals surface area (Å²) >= 11 is 5.89. The zero-order valence-corrected chi connectivity index (χ0v) is 17.7. The topological polar surface area (TPSA) is 55.1 Å². The number of hydrogen-bond acceptors (Lipinski definition) is 3. The maximum atomic E-state index is 12.4. The number of carbonyl (C=O) groups excluding carboxylic acids is 1. The van der Waals surface area contributed by atoms with Crippen molar-refractivity contribution in [1.29, 1.82) is 0 Å². The summed E-state index contributed by atoms with van der Waals surface area (Å²) in [5.41, 5.74) is 7.29. The van der Waals surface area contributed by atoms with Crippen LogP contribution in [0.2, 0.25) is 5.02 Å². The molecule has 0 aliphatic rings. The molecule has 0 spiro atoms. The van der Waals surface area contributed by atoms with Crippen molar-refractivity contribution in [2.45, 2.75) is 20.8 Å². The van der Waals surface area contributed by atoms with Crippen LogP contribution in [-0.2, 0) is 4.79 Å².